The standard InChI is InChI=1S/C14H21N3O3/c1-3-16-9-11(15)7-12(16)13(18)17-6-4-5-10(8-17)14(19)20-2/h7,9-10H,3-6,8,15H2,1-2H3. The first-order chi connectivity index (χ1) is 9.56. The Hall–Kier alpha value is -1.98. The van der Waals surface area contributed by atoms with E-state index in [-0.39, 0.29) is 17.8 Å². The Morgan fingerprint density at radius 2 is 2.25 bits per heavy atom. The number of nitrogens with zero attached hydrogens (tertiary/aromatic N) is 2. The van der Waals surface area contributed by atoms with E-state index in [1.807, 2.05) is 11.5 Å². The lowest BCUT2D eigenvalue weighted by Crippen LogP contribution is -2.43. The van der Waals surface area contributed by atoms with E-state index in [2.05, 4.69) is 0 Å². The number of carbonyl (C=O) groups is 2. The molecule has 6 heteroatoms. The highest BCUT2D eigenvalue weighted by Crippen LogP contribution is 2.21. The molecular weight excluding hydrogens is 258 g/mol. The second-order valence-electron chi connectivity index (χ2n) is 5.06. The third kappa shape index (κ3) is 2.79. The number of methoxy groups -OCH3 is 1. The number of nitrogens with two attached hydrogens (primary N) is 1. The van der Waals surface area contributed by atoms with Gasteiger partial charge in [0.15, 0.2) is 0 Å². The largest absolute Gasteiger partial charge is 0.469 e. The Labute approximate surface area is 118 Å². The number of anilines is 1. The normalized spacial score (nSPS) is 18.9. The zero-order chi connectivity index (χ0) is 14.7. The minimum Gasteiger partial charge on any atom is -0.469 e. The van der Waals surface area contributed by atoms with Gasteiger partial charge in [0.25, 0.3) is 5.91 Å². The number of esters is 1. The molecule has 6 nitrogen and oxygen atoms in total. The lowest BCUT2D eigenvalue weighted by Gasteiger charge is -2.31. The molecular formula is C14H21N3O3. The number of ether oxygens (including phenoxy) is 1. The van der Waals surface area contributed by atoms with Gasteiger partial charge in [0.2, 0.25) is 0 Å². The number of piperidine rings is 1. The highest BCUT2D eigenvalue weighted by molar-refractivity contribution is 5.94. The minimum atomic E-state index is -0.243. The highest BCUT2D eigenvalue weighted by Gasteiger charge is 2.30. The van der Waals surface area contributed by atoms with Gasteiger partial charge in [-0.15, -0.1) is 0 Å². The maximum absolute atomic E-state index is 12.5. The zero-order valence-corrected chi connectivity index (χ0v) is 12.0. The van der Waals surface area contributed by atoms with Crippen molar-refractivity contribution < 1.29 is 14.3 Å². The number of rotatable bonds is 3. The van der Waals surface area contributed by atoms with Crippen molar-refractivity contribution >= 4 is 17.6 Å². The maximum atomic E-state index is 12.5. The molecule has 1 unspecified atom stereocenters. The first-order valence-electron chi connectivity index (χ1n) is 6.89. The van der Waals surface area contributed by atoms with Crippen molar-refractivity contribution in [2.24, 2.45) is 5.92 Å². The molecule has 1 aliphatic rings. The Balaban J connectivity index is 2.14. The molecule has 1 fully saturated rings. The Morgan fingerprint density at radius 1 is 1.50 bits per heavy atom. The van der Waals surface area contributed by atoms with Crippen LogP contribution in [0.3, 0.4) is 0 Å². The number of aromatic nitrogens is 1. The summed E-state index contributed by atoms with van der Waals surface area (Å²) in [6.07, 6.45) is 3.34. The summed E-state index contributed by atoms with van der Waals surface area (Å²) in [4.78, 5) is 25.9. The van der Waals surface area contributed by atoms with E-state index in [9.17, 15) is 9.59 Å². The van der Waals surface area contributed by atoms with Gasteiger partial charge in [0, 0.05) is 25.8 Å². The molecule has 0 bridgehead atoms. The van der Waals surface area contributed by atoms with E-state index in [1.165, 1.54) is 7.11 Å². The number of carbonyl (C=O) groups excluding carboxylic acids is 2. The third-order valence-electron chi connectivity index (χ3n) is 3.72. The molecule has 0 aliphatic carbocycles. The van der Waals surface area contributed by atoms with Gasteiger partial charge in [-0.05, 0) is 25.8 Å². The minimum absolute atomic E-state index is 0.0721. The highest BCUT2D eigenvalue weighted by atomic mass is 16.5. The van der Waals surface area contributed by atoms with Crippen LogP contribution in [0.5, 0.6) is 0 Å². The van der Waals surface area contributed by atoms with E-state index in [0.29, 0.717) is 31.0 Å². The molecule has 2 N–H and O–H groups in total. The van der Waals surface area contributed by atoms with Gasteiger partial charge < -0.3 is 19.9 Å². The number of nitrogen functional groups attached to an aromatic ring is 1. The van der Waals surface area contributed by atoms with Gasteiger partial charge in [-0.25, -0.2) is 0 Å². The second kappa shape index (κ2) is 5.98. The number of hydrogen-bond acceptors (Lipinski definition) is 4. The maximum Gasteiger partial charge on any atom is 0.310 e. The monoisotopic (exact) mass is 279 g/mol. The first-order valence-corrected chi connectivity index (χ1v) is 6.89. The van der Waals surface area contributed by atoms with Crippen molar-refractivity contribution in [3.8, 4) is 0 Å². The summed E-state index contributed by atoms with van der Waals surface area (Å²) >= 11 is 0. The number of amides is 1. The van der Waals surface area contributed by atoms with Crippen LogP contribution in [0.15, 0.2) is 12.3 Å². The molecule has 1 saturated heterocycles. The molecule has 1 amide bonds. The molecule has 0 spiro atoms. The van der Waals surface area contributed by atoms with E-state index in [0.717, 1.165) is 12.8 Å². The molecule has 20 heavy (non-hydrogen) atoms. The Morgan fingerprint density at radius 3 is 2.90 bits per heavy atom. The van der Waals surface area contributed by atoms with Gasteiger partial charge in [-0.2, -0.15) is 0 Å². The second-order valence-corrected chi connectivity index (χ2v) is 5.06. The molecule has 0 aromatic carbocycles. The molecule has 0 saturated carbocycles. The van der Waals surface area contributed by atoms with Gasteiger partial charge in [0.1, 0.15) is 5.69 Å². The van der Waals surface area contributed by atoms with Crippen LogP contribution in [0.2, 0.25) is 0 Å². The quantitative estimate of drug-likeness (QED) is 0.841. The SMILES string of the molecule is CCn1cc(N)cc1C(=O)N1CCCC(C(=O)OC)C1. The Bertz CT molecular complexity index is 510. The van der Waals surface area contributed by atoms with Gasteiger partial charge >= 0.3 is 5.97 Å². The lowest BCUT2D eigenvalue weighted by atomic mass is 9.98. The fraction of sp³-hybridized carbons (Fsp3) is 0.571. The molecule has 110 valence electrons. The summed E-state index contributed by atoms with van der Waals surface area (Å²) in [7, 11) is 1.38. The predicted molar refractivity (Wildman–Crippen MR) is 75.2 cm³/mol. The van der Waals surface area contributed by atoms with Crippen molar-refractivity contribution in [1.82, 2.24) is 9.47 Å². The average Bonchev–Trinajstić information content (AvgIpc) is 2.86. The van der Waals surface area contributed by atoms with Crippen LogP contribution in [0.25, 0.3) is 0 Å². The van der Waals surface area contributed by atoms with Crippen LogP contribution < -0.4 is 5.73 Å². The summed E-state index contributed by atoms with van der Waals surface area (Å²) < 4.78 is 6.60. The van der Waals surface area contributed by atoms with Gasteiger partial charge in [0.05, 0.1) is 18.7 Å². The molecule has 0 radical (unpaired) electrons. The van der Waals surface area contributed by atoms with E-state index >= 15 is 0 Å². The summed E-state index contributed by atoms with van der Waals surface area (Å²) in [6, 6.07) is 1.69. The van der Waals surface area contributed by atoms with E-state index < -0.39 is 0 Å². The fourth-order valence-electron chi connectivity index (χ4n) is 2.66. The van der Waals surface area contributed by atoms with Crippen LogP contribution in [0.1, 0.15) is 30.3 Å². The van der Waals surface area contributed by atoms with Crippen LogP contribution in [0.4, 0.5) is 5.69 Å². The number of aryl methyl sites for hydroxylation is 1. The summed E-state index contributed by atoms with van der Waals surface area (Å²) in [5.74, 6) is -0.537. The van der Waals surface area contributed by atoms with Gasteiger partial charge in [-0.3, -0.25) is 9.59 Å². The topological polar surface area (TPSA) is 77.6 Å². The lowest BCUT2D eigenvalue weighted by molar-refractivity contribution is -0.146. The summed E-state index contributed by atoms with van der Waals surface area (Å²) in [6.45, 7) is 3.73. The third-order valence-corrected chi connectivity index (χ3v) is 3.72. The molecule has 1 atom stereocenters. The predicted octanol–water partition coefficient (Wildman–Crippen LogP) is 1.12. The molecule has 2 rings (SSSR count). The molecule has 1 aliphatic heterocycles. The molecule has 2 heterocycles. The molecule has 1 aromatic heterocycles. The van der Waals surface area contributed by atoms with Crippen molar-refractivity contribution in [2.75, 3.05) is 25.9 Å². The van der Waals surface area contributed by atoms with Crippen molar-refractivity contribution in [1.29, 1.82) is 0 Å². The number of likely N-dealkylation sites (tertiary alicyclic amines) is 1. The van der Waals surface area contributed by atoms with Gasteiger partial charge in [-0.1, -0.05) is 0 Å². The smallest absolute Gasteiger partial charge is 0.310 e. The van der Waals surface area contributed by atoms with Crippen LogP contribution in [-0.4, -0.2) is 41.5 Å². The van der Waals surface area contributed by atoms with Crippen LogP contribution in [-0.2, 0) is 16.1 Å². The van der Waals surface area contributed by atoms with E-state index in [4.69, 9.17) is 10.5 Å². The van der Waals surface area contributed by atoms with E-state index in [1.54, 1.807) is 17.2 Å². The fourth-order valence-corrected chi connectivity index (χ4v) is 2.66. The summed E-state index contributed by atoms with van der Waals surface area (Å²) in [5, 5.41) is 0. The van der Waals surface area contributed by atoms with Crippen molar-refractivity contribution in [3.05, 3.63) is 18.0 Å². The van der Waals surface area contributed by atoms with Crippen LogP contribution in [0, 0.1) is 5.92 Å². The number of hydrogen-bond donors (Lipinski definition) is 1. The van der Waals surface area contributed by atoms with Crippen molar-refractivity contribution in [2.45, 2.75) is 26.3 Å². The van der Waals surface area contributed by atoms with Crippen LogP contribution >= 0.6 is 0 Å². The zero-order valence-electron chi connectivity index (χ0n) is 12.0. The molecule has 1 aromatic rings. The van der Waals surface area contributed by atoms with Crippen molar-refractivity contribution in [3.63, 3.8) is 0 Å². The first kappa shape index (κ1) is 14.4. The Kier molecular flexibility index (Phi) is 4.32. The summed E-state index contributed by atoms with van der Waals surface area (Å²) in [5.41, 5.74) is 6.91. The average molecular weight is 279 g/mol.